The van der Waals surface area contributed by atoms with Crippen LogP contribution in [0, 0.1) is 0 Å². The van der Waals surface area contributed by atoms with E-state index in [-0.39, 0.29) is 19.1 Å². The maximum Gasteiger partial charge on any atom is 0.268 e. The van der Waals surface area contributed by atoms with Gasteiger partial charge in [0.15, 0.2) is 0 Å². The molecule has 0 heterocycles. The van der Waals surface area contributed by atoms with Gasteiger partial charge in [-0.15, -0.1) is 0 Å². The van der Waals surface area contributed by atoms with Crippen LogP contribution in [0.1, 0.15) is 194 Å². The van der Waals surface area contributed by atoms with E-state index in [1.54, 1.807) is 0 Å². The van der Waals surface area contributed by atoms with E-state index in [2.05, 4.69) is 31.3 Å². The average molecular weight is 731 g/mol. The summed E-state index contributed by atoms with van der Waals surface area (Å²) >= 11 is 0. The Morgan fingerprint density at radius 2 is 1.10 bits per heavy atom. The van der Waals surface area contributed by atoms with Crippen molar-refractivity contribution in [1.82, 2.24) is 5.32 Å². The first kappa shape index (κ1) is 49.2. The fourth-order valence-electron chi connectivity index (χ4n) is 6.09. The molecule has 298 valence electrons. The molecule has 0 radical (unpaired) electrons. The minimum absolute atomic E-state index is 0.0129. The molecular formula is C41H83N2O6P. The lowest BCUT2D eigenvalue weighted by Gasteiger charge is -2.30. The van der Waals surface area contributed by atoms with E-state index in [9.17, 15) is 19.4 Å². The standard InChI is InChI=1S/C41H83N2O6P/c1-6-8-10-12-14-15-16-17-18-19-20-21-22-23-24-25-26-27-29-31-33-35-41(45)42-39(40(44)34-32-30-28-13-11-9-7-2)38-49-50(46,47)48-37-36-43(3,4)5/h19-20,39-40,44H,6-18,21-38H2,1-5H3,(H-,42,45,46,47)/b20-19-. The monoisotopic (exact) mass is 731 g/mol. The van der Waals surface area contributed by atoms with Gasteiger partial charge in [-0.2, -0.15) is 0 Å². The molecule has 0 saturated heterocycles. The average Bonchev–Trinajstić information content (AvgIpc) is 3.06. The molecule has 3 atom stereocenters. The third kappa shape index (κ3) is 35.6. The lowest BCUT2D eigenvalue weighted by atomic mass is 10.0. The fourth-order valence-corrected chi connectivity index (χ4v) is 6.81. The lowest BCUT2D eigenvalue weighted by Crippen LogP contribution is -2.46. The predicted molar refractivity (Wildman–Crippen MR) is 210 cm³/mol. The number of rotatable bonds is 38. The number of allylic oxidation sites excluding steroid dienone is 2. The highest BCUT2D eigenvalue weighted by molar-refractivity contribution is 7.45. The maximum absolute atomic E-state index is 12.8. The first-order chi connectivity index (χ1) is 24.0. The van der Waals surface area contributed by atoms with Crippen LogP contribution in [0.4, 0.5) is 0 Å². The Morgan fingerprint density at radius 3 is 1.56 bits per heavy atom. The molecule has 3 unspecified atom stereocenters. The number of quaternary nitrogens is 1. The van der Waals surface area contributed by atoms with Gasteiger partial charge in [-0.1, -0.05) is 161 Å². The lowest BCUT2D eigenvalue weighted by molar-refractivity contribution is -0.870. The SMILES string of the molecule is CCCCCCCCCC/C=C\CCCCCCCCCCCC(=O)NC(COP(=O)([O-])OCC[N+](C)(C)C)C(O)CCCCCCCCC. The number of aliphatic hydroxyl groups is 1. The van der Waals surface area contributed by atoms with E-state index in [1.165, 1.54) is 128 Å². The summed E-state index contributed by atoms with van der Waals surface area (Å²) in [5, 5.41) is 13.8. The molecule has 1 amide bonds. The number of likely N-dealkylation sites (N-methyl/N-ethyl adjacent to an activating group) is 1. The van der Waals surface area contributed by atoms with Crippen LogP contribution < -0.4 is 10.2 Å². The summed E-state index contributed by atoms with van der Waals surface area (Å²) in [4.78, 5) is 25.1. The molecule has 50 heavy (non-hydrogen) atoms. The number of nitrogens with zero attached hydrogens (tertiary/aromatic N) is 1. The van der Waals surface area contributed by atoms with Crippen molar-refractivity contribution in [2.75, 3.05) is 40.9 Å². The number of nitrogens with one attached hydrogen (secondary N) is 1. The zero-order chi connectivity index (χ0) is 37.2. The number of phosphoric ester groups is 1. The van der Waals surface area contributed by atoms with E-state index in [4.69, 9.17) is 9.05 Å². The summed E-state index contributed by atoms with van der Waals surface area (Å²) in [6, 6.07) is -0.794. The van der Waals surface area contributed by atoms with Crippen LogP contribution in [0.25, 0.3) is 0 Å². The maximum atomic E-state index is 12.8. The van der Waals surface area contributed by atoms with Crippen molar-refractivity contribution in [3.8, 4) is 0 Å². The second kappa shape index (κ2) is 34.0. The normalized spacial score (nSPS) is 14.6. The van der Waals surface area contributed by atoms with Crippen molar-refractivity contribution < 1.29 is 32.9 Å². The zero-order valence-corrected chi connectivity index (χ0v) is 34.5. The summed E-state index contributed by atoms with van der Waals surface area (Å²) in [5.74, 6) is -0.171. The van der Waals surface area contributed by atoms with Gasteiger partial charge in [0.05, 0.1) is 39.9 Å². The molecule has 0 fully saturated rings. The van der Waals surface area contributed by atoms with Crippen molar-refractivity contribution in [1.29, 1.82) is 0 Å². The first-order valence-corrected chi connectivity index (χ1v) is 22.5. The summed E-state index contributed by atoms with van der Waals surface area (Å²) < 4.78 is 23.1. The number of carbonyl (C=O) groups excluding carboxylic acids is 1. The Kier molecular flexibility index (Phi) is 33.5. The molecule has 0 rings (SSSR count). The largest absolute Gasteiger partial charge is 0.756 e. The van der Waals surface area contributed by atoms with Gasteiger partial charge in [0.2, 0.25) is 5.91 Å². The number of phosphoric acid groups is 1. The zero-order valence-electron chi connectivity index (χ0n) is 33.6. The molecule has 0 spiro atoms. The van der Waals surface area contributed by atoms with E-state index in [0.717, 1.165) is 38.5 Å². The molecule has 9 heteroatoms. The van der Waals surface area contributed by atoms with Gasteiger partial charge in [0.25, 0.3) is 7.82 Å². The van der Waals surface area contributed by atoms with Crippen molar-refractivity contribution in [2.45, 2.75) is 206 Å². The van der Waals surface area contributed by atoms with Gasteiger partial charge < -0.3 is 28.8 Å². The summed E-state index contributed by atoms with van der Waals surface area (Å²) in [6.07, 6.45) is 36.6. The van der Waals surface area contributed by atoms with Crippen LogP contribution >= 0.6 is 7.82 Å². The highest BCUT2D eigenvalue weighted by atomic mass is 31.2. The molecule has 0 aromatic carbocycles. The van der Waals surface area contributed by atoms with Crippen molar-refractivity contribution in [2.24, 2.45) is 0 Å². The van der Waals surface area contributed by atoms with Crippen LogP contribution in [0.15, 0.2) is 12.2 Å². The quantitative estimate of drug-likeness (QED) is 0.0283. The number of hydrogen-bond acceptors (Lipinski definition) is 6. The molecule has 0 saturated carbocycles. The van der Waals surface area contributed by atoms with Crippen LogP contribution in [-0.4, -0.2) is 68.5 Å². The fraction of sp³-hybridized carbons (Fsp3) is 0.927. The Morgan fingerprint density at radius 1 is 0.680 bits per heavy atom. The molecular weight excluding hydrogens is 647 g/mol. The van der Waals surface area contributed by atoms with E-state index >= 15 is 0 Å². The third-order valence-corrected chi connectivity index (χ3v) is 10.5. The molecule has 0 bridgehead atoms. The molecule has 0 aliphatic carbocycles. The molecule has 0 aromatic rings. The molecule has 0 aromatic heterocycles. The van der Waals surface area contributed by atoms with E-state index in [1.807, 2.05) is 21.1 Å². The summed E-state index contributed by atoms with van der Waals surface area (Å²) in [5.41, 5.74) is 0. The van der Waals surface area contributed by atoms with E-state index < -0.39 is 20.0 Å². The van der Waals surface area contributed by atoms with Gasteiger partial charge in [0.1, 0.15) is 13.2 Å². The Labute approximate surface area is 310 Å². The Bertz CT molecular complexity index is 834. The topological polar surface area (TPSA) is 108 Å². The van der Waals surface area contributed by atoms with Gasteiger partial charge in [0, 0.05) is 6.42 Å². The van der Waals surface area contributed by atoms with Gasteiger partial charge >= 0.3 is 0 Å². The first-order valence-electron chi connectivity index (χ1n) is 21.0. The van der Waals surface area contributed by atoms with Crippen LogP contribution in [-0.2, 0) is 18.4 Å². The summed E-state index contributed by atoms with van der Waals surface area (Å²) in [6.45, 7) is 4.66. The highest BCUT2D eigenvalue weighted by Crippen LogP contribution is 2.38. The van der Waals surface area contributed by atoms with Gasteiger partial charge in [-0.3, -0.25) is 9.36 Å². The number of hydrogen-bond donors (Lipinski definition) is 2. The minimum Gasteiger partial charge on any atom is -0.756 e. The number of carbonyl (C=O) groups is 1. The Hall–Kier alpha value is -0.760. The second-order valence-corrected chi connectivity index (χ2v) is 17.1. The smallest absolute Gasteiger partial charge is 0.268 e. The van der Waals surface area contributed by atoms with Crippen molar-refractivity contribution in [3.63, 3.8) is 0 Å². The van der Waals surface area contributed by atoms with Gasteiger partial charge in [-0.05, 0) is 38.5 Å². The number of unbranched alkanes of at least 4 members (excludes halogenated alkanes) is 23. The molecule has 2 N–H and O–H groups in total. The van der Waals surface area contributed by atoms with Crippen molar-refractivity contribution in [3.05, 3.63) is 12.2 Å². The number of aliphatic hydroxyl groups excluding tert-OH is 1. The highest BCUT2D eigenvalue weighted by Gasteiger charge is 2.24. The van der Waals surface area contributed by atoms with Gasteiger partial charge in [-0.25, -0.2) is 0 Å². The molecule has 8 nitrogen and oxygen atoms in total. The molecule has 0 aliphatic heterocycles. The second-order valence-electron chi connectivity index (χ2n) is 15.7. The van der Waals surface area contributed by atoms with Crippen molar-refractivity contribution >= 4 is 13.7 Å². The summed E-state index contributed by atoms with van der Waals surface area (Å²) in [7, 11) is 1.30. The van der Waals surface area contributed by atoms with Crippen LogP contribution in [0.2, 0.25) is 0 Å². The Balaban J connectivity index is 4.16. The minimum atomic E-state index is -4.55. The third-order valence-electron chi connectivity index (χ3n) is 9.50. The van der Waals surface area contributed by atoms with Crippen LogP contribution in [0.3, 0.4) is 0 Å². The predicted octanol–water partition coefficient (Wildman–Crippen LogP) is 10.6. The number of amides is 1. The van der Waals surface area contributed by atoms with E-state index in [0.29, 0.717) is 23.9 Å². The molecule has 0 aliphatic rings. The van der Waals surface area contributed by atoms with Crippen LogP contribution in [0.5, 0.6) is 0 Å².